The number of likely N-dealkylation sites (tertiary alicyclic amines) is 1. The molecule has 4 rings (SSSR count). The van der Waals surface area contributed by atoms with Gasteiger partial charge in [0.1, 0.15) is 0 Å². The molecule has 2 heterocycles. The summed E-state index contributed by atoms with van der Waals surface area (Å²) in [6.07, 6.45) is 6.93. The molecule has 2 fully saturated rings. The zero-order chi connectivity index (χ0) is 21.3. The summed E-state index contributed by atoms with van der Waals surface area (Å²) >= 11 is 0. The fourth-order valence-electron chi connectivity index (χ4n) is 4.87. The van der Waals surface area contributed by atoms with Crippen molar-refractivity contribution in [1.29, 1.82) is 0 Å². The molecule has 3 unspecified atom stereocenters. The average molecular weight is 406 g/mol. The van der Waals surface area contributed by atoms with Crippen LogP contribution in [0.15, 0.2) is 48.8 Å². The molecule has 1 aliphatic carbocycles. The Morgan fingerprint density at radius 1 is 1.20 bits per heavy atom. The molecule has 1 aromatic heterocycles. The normalized spacial score (nSPS) is 25.6. The van der Waals surface area contributed by atoms with E-state index in [4.69, 9.17) is 0 Å². The number of hydrogen-bond donors (Lipinski definition) is 0. The number of carbonyl (C=O) groups excluding carboxylic acids is 2. The molecule has 0 spiro atoms. The highest BCUT2D eigenvalue weighted by Crippen LogP contribution is 2.42. The second kappa shape index (κ2) is 8.21. The van der Waals surface area contributed by atoms with Crippen LogP contribution in [0.3, 0.4) is 0 Å². The lowest BCUT2D eigenvalue weighted by Gasteiger charge is -2.43. The van der Waals surface area contributed by atoms with E-state index < -0.39 is 5.41 Å². The van der Waals surface area contributed by atoms with Crippen LogP contribution in [0.4, 0.5) is 0 Å². The van der Waals surface area contributed by atoms with Gasteiger partial charge in [-0.15, -0.1) is 0 Å². The molecular weight excluding hydrogens is 374 g/mol. The number of aromatic nitrogens is 1. The second-order valence-electron chi connectivity index (χ2n) is 9.28. The van der Waals surface area contributed by atoms with Crippen LogP contribution in [0.2, 0.25) is 0 Å². The third-order valence-corrected chi connectivity index (χ3v) is 6.64. The summed E-state index contributed by atoms with van der Waals surface area (Å²) in [7, 11) is 3.64. The van der Waals surface area contributed by atoms with Crippen LogP contribution in [0, 0.1) is 17.3 Å². The van der Waals surface area contributed by atoms with Gasteiger partial charge in [0.05, 0.1) is 5.41 Å². The predicted molar refractivity (Wildman–Crippen MR) is 118 cm³/mol. The van der Waals surface area contributed by atoms with Crippen LogP contribution in [-0.2, 0) is 16.0 Å². The monoisotopic (exact) mass is 405 g/mol. The Balaban J connectivity index is 1.62. The summed E-state index contributed by atoms with van der Waals surface area (Å²) in [4.78, 5) is 34.2. The summed E-state index contributed by atoms with van der Waals surface area (Å²) < 4.78 is 0. The van der Waals surface area contributed by atoms with Crippen molar-refractivity contribution in [2.24, 2.45) is 17.3 Å². The molecule has 0 bridgehead atoms. The molecule has 1 saturated heterocycles. The van der Waals surface area contributed by atoms with Gasteiger partial charge in [0, 0.05) is 45.5 Å². The molecule has 1 aliphatic heterocycles. The van der Waals surface area contributed by atoms with Gasteiger partial charge in [-0.25, -0.2) is 0 Å². The molecule has 30 heavy (non-hydrogen) atoms. The maximum absolute atomic E-state index is 13.4. The predicted octanol–water partition coefficient (Wildman–Crippen LogP) is 3.64. The molecule has 2 aromatic rings. The van der Waals surface area contributed by atoms with Crippen LogP contribution in [0.25, 0.3) is 11.1 Å². The molecule has 158 valence electrons. The number of pyridine rings is 1. The minimum absolute atomic E-state index is 0.121. The fourth-order valence-corrected chi connectivity index (χ4v) is 4.87. The molecule has 1 saturated carbocycles. The molecule has 2 aliphatic rings. The molecule has 2 amide bonds. The average Bonchev–Trinajstić information content (AvgIpc) is 3.50. The maximum Gasteiger partial charge on any atom is 0.230 e. The van der Waals surface area contributed by atoms with Crippen LogP contribution < -0.4 is 0 Å². The second-order valence-corrected chi connectivity index (χ2v) is 9.28. The van der Waals surface area contributed by atoms with Crippen molar-refractivity contribution in [2.45, 2.75) is 32.6 Å². The lowest BCUT2D eigenvalue weighted by Crippen LogP contribution is -2.54. The smallest absolute Gasteiger partial charge is 0.230 e. The standard InChI is InChI=1S/C25H31N3O2/c1-18-13-22(18)23(29)28-12-6-10-25(17-28,24(30)27(2)3)15-19-7-4-8-20(14-19)21-9-5-11-26-16-21/h4-5,7-9,11,14,16,18,22H,6,10,12-13,15,17H2,1-3H3. The molecule has 1 aromatic carbocycles. The third-order valence-electron chi connectivity index (χ3n) is 6.64. The topological polar surface area (TPSA) is 53.5 Å². The van der Waals surface area contributed by atoms with Crippen LogP contribution in [0.5, 0.6) is 0 Å². The van der Waals surface area contributed by atoms with Gasteiger partial charge in [-0.05, 0) is 54.4 Å². The largest absolute Gasteiger partial charge is 0.348 e. The SMILES string of the molecule is CC1CC1C(=O)N1CCCC(Cc2cccc(-c3cccnc3)c2)(C(=O)N(C)C)C1. The zero-order valence-electron chi connectivity index (χ0n) is 18.2. The molecule has 0 radical (unpaired) electrons. The first kappa shape index (κ1) is 20.6. The molecule has 5 nitrogen and oxygen atoms in total. The number of amides is 2. The quantitative estimate of drug-likeness (QED) is 0.763. The zero-order valence-corrected chi connectivity index (χ0v) is 18.2. The third kappa shape index (κ3) is 4.11. The fraction of sp³-hybridized carbons (Fsp3) is 0.480. The Hall–Kier alpha value is -2.69. The van der Waals surface area contributed by atoms with E-state index in [1.807, 2.05) is 43.4 Å². The van der Waals surface area contributed by atoms with E-state index in [9.17, 15) is 9.59 Å². The summed E-state index contributed by atoms with van der Waals surface area (Å²) in [6.45, 7) is 3.41. The van der Waals surface area contributed by atoms with Gasteiger partial charge in [-0.2, -0.15) is 0 Å². The van der Waals surface area contributed by atoms with Crippen molar-refractivity contribution >= 4 is 11.8 Å². The highest BCUT2D eigenvalue weighted by molar-refractivity contribution is 5.86. The molecule has 0 N–H and O–H groups in total. The summed E-state index contributed by atoms with van der Waals surface area (Å²) in [6, 6.07) is 12.3. The van der Waals surface area contributed by atoms with Gasteiger partial charge >= 0.3 is 0 Å². The summed E-state index contributed by atoms with van der Waals surface area (Å²) in [5.41, 5.74) is 2.73. The van der Waals surface area contributed by atoms with Crippen molar-refractivity contribution in [2.75, 3.05) is 27.2 Å². The minimum Gasteiger partial charge on any atom is -0.348 e. The first-order chi connectivity index (χ1) is 14.4. The van der Waals surface area contributed by atoms with Gasteiger partial charge in [0.2, 0.25) is 11.8 Å². The van der Waals surface area contributed by atoms with Gasteiger partial charge < -0.3 is 9.80 Å². The van der Waals surface area contributed by atoms with Crippen LogP contribution in [0.1, 0.15) is 31.7 Å². The number of carbonyl (C=O) groups is 2. The first-order valence-electron chi connectivity index (χ1n) is 10.9. The van der Waals surface area contributed by atoms with E-state index in [0.717, 1.165) is 42.5 Å². The van der Waals surface area contributed by atoms with Crippen molar-refractivity contribution in [1.82, 2.24) is 14.8 Å². The highest BCUT2D eigenvalue weighted by Gasteiger charge is 2.48. The Morgan fingerprint density at radius 2 is 1.97 bits per heavy atom. The van der Waals surface area contributed by atoms with Gasteiger partial charge in [-0.3, -0.25) is 14.6 Å². The van der Waals surface area contributed by atoms with E-state index in [1.165, 1.54) is 0 Å². The number of benzene rings is 1. The molecule has 5 heteroatoms. The Morgan fingerprint density at radius 3 is 2.63 bits per heavy atom. The Labute approximate surface area is 179 Å². The van der Waals surface area contributed by atoms with Crippen molar-refractivity contribution < 1.29 is 9.59 Å². The Kier molecular flexibility index (Phi) is 5.63. The summed E-state index contributed by atoms with van der Waals surface area (Å²) in [5, 5.41) is 0. The molecular formula is C25H31N3O2. The van der Waals surface area contributed by atoms with Crippen LogP contribution >= 0.6 is 0 Å². The van der Waals surface area contributed by atoms with E-state index in [-0.39, 0.29) is 17.7 Å². The Bertz CT molecular complexity index is 927. The minimum atomic E-state index is -0.566. The van der Waals surface area contributed by atoms with E-state index in [0.29, 0.717) is 18.9 Å². The lowest BCUT2D eigenvalue weighted by atomic mass is 9.73. The summed E-state index contributed by atoms with van der Waals surface area (Å²) in [5.74, 6) is 0.997. The van der Waals surface area contributed by atoms with Crippen LogP contribution in [-0.4, -0.2) is 53.8 Å². The van der Waals surface area contributed by atoms with Crippen molar-refractivity contribution in [3.63, 3.8) is 0 Å². The van der Waals surface area contributed by atoms with Crippen molar-refractivity contribution in [3.05, 3.63) is 54.4 Å². The number of piperidine rings is 1. The lowest BCUT2D eigenvalue weighted by molar-refractivity contribution is -0.147. The van der Waals surface area contributed by atoms with Crippen molar-refractivity contribution in [3.8, 4) is 11.1 Å². The number of hydrogen-bond acceptors (Lipinski definition) is 3. The van der Waals surface area contributed by atoms with Gasteiger partial charge in [0.15, 0.2) is 0 Å². The maximum atomic E-state index is 13.4. The first-order valence-corrected chi connectivity index (χ1v) is 10.9. The van der Waals surface area contributed by atoms with E-state index in [2.05, 4.69) is 30.1 Å². The van der Waals surface area contributed by atoms with E-state index in [1.54, 1.807) is 11.1 Å². The van der Waals surface area contributed by atoms with Gasteiger partial charge in [-0.1, -0.05) is 37.3 Å². The molecule has 3 atom stereocenters. The number of rotatable bonds is 5. The number of nitrogens with zero attached hydrogens (tertiary/aromatic N) is 3. The van der Waals surface area contributed by atoms with Gasteiger partial charge in [0.25, 0.3) is 0 Å². The van der Waals surface area contributed by atoms with E-state index >= 15 is 0 Å². The highest BCUT2D eigenvalue weighted by atomic mass is 16.2.